The molecule has 0 saturated carbocycles. The van der Waals surface area contributed by atoms with E-state index in [0.29, 0.717) is 6.67 Å². The fourth-order valence-electron chi connectivity index (χ4n) is 0.520. The topological polar surface area (TPSA) is 55.3 Å². The maximum Gasteiger partial charge on any atom is 0.0600 e. The maximum absolute atomic E-state index is 5.53. The molecule has 0 radical (unpaired) electrons. The largest absolute Gasteiger partial charge is 0.317 e. The van der Waals surface area contributed by atoms with Crippen LogP contribution < -0.4 is 11.6 Å². The molecule has 1 atom stereocenters. The van der Waals surface area contributed by atoms with Crippen LogP contribution in [-0.2, 0) is 0 Å². The van der Waals surface area contributed by atoms with Gasteiger partial charge in [-0.2, -0.15) is 0 Å². The normalized spacial score (nSPS) is 14.3. The zero-order valence-electron chi connectivity index (χ0n) is 6.63. The van der Waals surface area contributed by atoms with Crippen molar-refractivity contribution in [2.45, 2.75) is 13.0 Å². The Bertz CT molecular complexity index is 156. The number of rotatable bonds is 4. The van der Waals surface area contributed by atoms with Crippen LogP contribution in [0.4, 0.5) is 0 Å². The Morgan fingerprint density at radius 3 is 2.73 bits per heavy atom. The molecule has 4 heteroatoms. The molecule has 0 aromatic heterocycles. The minimum Gasteiger partial charge on any atom is -0.317 e. The van der Waals surface area contributed by atoms with E-state index in [1.54, 1.807) is 5.01 Å². The predicted molar refractivity (Wildman–Crippen MR) is 56.8 cm³/mol. The fourth-order valence-corrected chi connectivity index (χ4v) is 0.728. The molecular formula is C7H14IN3. The zero-order chi connectivity index (χ0) is 8.85. The summed E-state index contributed by atoms with van der Waals surface area (Å²) in [6.07, 6.45) is 3.88. The molecule has 0 aromatic carbocycles. The second kappa shape index (κ2) is 5.70. The van der Waals surface area contributed by atoms with Crippen LogP contribution in [0.1, 0.15) is 6.92 Å². The second-order valence-corrected chi connectivity index (χ2v) is 3.63. The molecule has 0 fully saturated rings. The van der Waals surface area contributed by atoms with Crippen molar-refractivity contribution < 1.29 is 0 Å². The molecule has 64 valence electrons. The predicted octanol–water partition coefficient (Wildman–Crippen LogP) is 0.972. The highest BCUT2D eigenvalue weighted by Gasteiger charge is 2.01. The lowest BCUT2D eigenvalue weighted by molar-refractivity contribution is 0.256. The van der Waals surface area contributed by atoms with Gasteiger partial charge in [-0.3, -0.25) is 5.84 Å². The first-order valence-electron chi connectivity index (χ1n) is 3.32. The van der Waals surface area contributed by atoms with Gasteiger partial charge in [-0.25, -0.2) is 5.01 Å². The van der Waals surface area contributed by atoms with Crippen LogP contribution in [0.2, 0.25) is 0 Å². The van der Waals surface area contributed by atoms with E-state index < -0.39 is 0 Å². The fraction of sp³-hybridized carbons (Fsp3) is 0.429. The van der Waals surface area contributed by atoms with Gasteiger partial charge in [0.05, 0.1) is 6.67 Å². The minimum absolute atomic E-state index is 0.159. The molecule has 0 aliphatic heterocycles. The molecule has 0 bridgehead atoms. The van der Waals surface area contributed by atoms with Crippen LogP contribution in [0.3, 0.4) is 0 Å². The molecule has 11 heavy (non-hydrogen) atoms. The highest BCUT2D eigenvalue weighted by molar-refractivity contribution is 14.1. The highest BCUT2D eigenvalue weighted by atomic mass is 127. The van der Waals surface area contributed by atoms with Crippen LogP contribution >= 0.6 is 22.6 Å². The lowest BCUT2D eigenvalue weighted by atomic mass is 10.3. The van der Waals surface area contributed by atoms with E-state index in [0.717, 1.165) is 3.58 Å². The van der Waals surface area contributed by atoms with E-state index in [4.69, 9.17) is 11.6 Å². The smallest absolute Gasteiger partial charge is 0.0600 e. The summed E-state index contributed by atoms with van der Waals surface area (Å²) in [5.74, 6) is 5.53. The SMILES string of the molecule is C=C(I)/C=C\C(C)N(N)CN. The summed E-state index contributed by atoms with van der Waals surface area (Å²) < 4.78 is 0.986. The van der Waals surface area contributed by atoms with Gasteiger partial charge in [0, 0.05) is 9.62 Å². The minimum atomic E-state index is 0.159. The highest BCUT2D eigenvalue weighted by Crippen LogP contribution is 2.04. The van der Waals surface area contributed by atoms with Gasteiger partial charge < -0.3 is 5.73 Å². The number of hydrogen-bond acceptors (Lipinski definition) is 3. The zero-order valence-corrected chi connectivity index (χ0v) is 8.78. The van der Waals surface area contributed by atoms with Gasteiger partial charge in [0.25, 0.3) is 0 Å². The van der Waals surface area contributed by atoms with Gasteiger partial charge >= 0.3 is 0 Å². The summed E-state index contributed by atoms with van der Waals surface area (Å²) in [6.45, 7) is 6.06. The Balaban J connectivity index is 3.85. The molecule has 0 rings (SSSR count). The Morgan fingerprint density at radius 2 is 2.36 bits per heavy atom. The molecule has 0 amide bonds. The van der Waals surface area contributed by atoms with Crippen molar-refractivity contribution in [1.29, 1.82) is 0 Å². The summed E-state index contributed by atoms with van der Waals surface area (Å²) >= 11 is 2.14. The molecule has 0 spiro atoms. The van der Waals surface area contributed by atoms with Crippen LogP contribution in [0.25, 0.3) is 0 Å². The quantitative estimate of drug-likeness (QED) is 0.262. The van der Waals surface area contributed by atoms with Gasteiger partial charge in [-0.1, -0.05) is 18.7 Å². The van der Waals surface area contributed by atoms with Crippen molar-refractivity contribution in [2.75, 3.05) is 6.67 Å². The average Bonchev–Trinajstić information content (AvgIpc) is 1.98. The third-order valence-electron chi connectivity index (χ3n) is 1.29. The number of nitrogens with two attached hydrogens (primary N) is 2. The Labute approximate surface area is 81.2 Å². The number of hydrazine groups is 1. The number of allylic oxidation sites excluding steroid dienone is 2. The van der Waals surface area contributed by atoms with Crippen LogP contribution in [0.5, 0.6) is 0 Å². The molecule has 4 N–H and O–H groups in total. The van der Waals surface area contributed by atoms with E-state index in [-0.39, 0.29) is 6.04 Å². The van der Waals surface area contributed by atoms with E-state index in [1.807, 2.05) is 19.1 Å². The van der Waals surface area contributed by atoms with E-state index >= 15 is 0 Å². The van der Waals surface area contributed by atoms with E-state index in [1.165, 1.54) is 0 Å². The molecule has 0 saturated heterocycles. The first kappa shape index (κ1) is 11.1. The van der Waals surface area contributed by atoms with Gasteiger partial charge in [0.1, 0.15) is 0 Å². The summed E-state index contributed by atoms with van der Waals surface area (Å²) in [6, 6.07) is 0.159. The number of halogens is 1. The molecular weight excluding hydrogens is 253 g/mol. The summed E-state index contributed by atoms with van der Waals surface area (Å²) in [4.78, 5) is 0. The Kier molecular flexibility index (Phi) is 5.75. The van der Waals surface area contributed by atoms with Gasteiger partial charge in [-0.15, -0.1) is 0 Å². The molecule has 0 aromatic rings. The van der Waals surface area contributed by atoms with Crippen molar-refractivity contribution >= 4 is 22.6 Å². The van der Waals surface area contributed by atoms with Crippen molar-refractivity contribution in [2.24, 2.45) is 11.6 Å². The Hall–Kier alpha value is 0.0900. The van der Waals surface area contributed by atoms with Gasteiger partial charge in [-0.05, 0) is 29.5 Å². The summed E-state index contributed by atoms with van der Waals surface area (Å²) in [5, 5.41) is 1.55. The molecule has 0 heterocycles. The second-order valence-electron chi connectivity index (χ2n) is 2.24. The average molecular weight is 267 g/mol. The lowest BCUT2D eigenvalue weighted by Crippen LogP contribution is -2.42. The Morgan fingerprint density at radius 1 is 1.82 bits per heavy atom. The monoisotopic (exact) mass is 267 g/mol. The van der Waals surface area contributed by atoms with Crippen molar-refractivity contribution in [3.8, 4) is 0 Å². The third-order valence-corrected chi connectivity index (χ3v) is 1.65. The molecule has 1 unspecified atom stereocenters. The van der Waals surface area contributed by atoms with Gasteiger partial charge in [0.15, 0.2) is 0 Å². The lowest BCUT2D eigenvalue weighted by Gasteiger charge is -2.18. The third kappa shape index (κ3) is 5.37. The van der Waals surface area contributed by atoms with Gasteiger partial charge in [0.2, 0.25) is 0 Å². The van der Waals surface area contributed by atoms with Crippen LogP contribution in [-0.4, -0.2) is 17.7 Å². The molecule has 0 aliphatic carbocycles. The number of nitrogens with zero attached hydrogens (tertiary/aromatic N) is 1. The maximum atomic E-state index is 5.53. The summed E-state index contributed by atoms with van der Waals surface area (Å²) in [5.41, 5.74) is 5.32. The van der Waals surface area contributed by atoms with Crippen LogP contribution in [0.15, 0.2) is 22.3 Å². The van der Waals surface area contributed by atoms with Crippen LogP contribution in [0, 0.1) is 0 Å². The standard InChI is InChI=1S/C7H14IN3/c1-6(8)3-4-7(2)11(10)5-9/h3-4,7H,1,5,9-10H2,2H3/b4-3-. The first-order chi connectivity index (χ1) is 5.07. The molecule has 0 aliphatic rings. The van der Waals surface area contributed by atoms with Crippen molar-refractivity contribution in [1.82, 2.24) is 5.01 Å². The van der Waals surface area contributed by atoms with E-state index in [2.05, 4.69) is 29.2 Å². The number of hydrogen-bond donors (Lipinski definition) is 2. The van der Waals surface area contributed by atoms with Crippen molar-refractivity contribution in [3.05, 3.63) is 22.3 Å². The molecule has 3 nitrogen and oxygen atoms in total. The van der Waals surface area contributed by atoms with E-state index in [9.17, 15) is 0 Å². The van der Waals surface area contributed by atoms with Crippen molar-refractivity contribution in [3.63, 3.8) is 0 Å². The first-order valence-corrected chi connectivity index (χ1v) is 4.39. The summed E-state index contributed by atoms with van der Waals surface area (Å²) in [7, 11) is 0.